The second kappa shape index (κ2) is 2.67. The maximum absolute atomic E-state index is 4.03. The van der Waals surface area contributed by atoms with Crippen LogP contribution in [0.1, 0.15) is 17.7 Å². The quantitative estimate of drug-likeness (QED) is 0.593. The molecule has 11 heavy (non-hydrogen) atoms. The van der Waals surface area contributed by atoms with Gasteiger partial charge in [0.2, 0.25) is 0 Å². The van der Waals surface area contributed by atoms with E-state index in [0.29, 0.717) is 0 Å². The van der Waals surface area contributed by atoms with Crippen LogP contribution >= 0.6 is 11.3 Å². The van der Waals surface area contributed by atoms with Crippen LogP contribution in [-0.4, -0.2) is 0 Å². The SMILES string of the molecule is C=C1CCC=C1c1cccs1. The molecule has 1 heteroatoms. The highest BCUT2D eigenvalue weighted by atomic mass is 32.1. The highest BCUT2D eigenvalue weighted by Crippen LogP contribution is 2.33. The van der Waals surface area contributed by atoms with Gasteiger partial charge in [-0.05, 0) is 35.4 Å². The van der Waals surface area contributed by atoms with Gasteiger partial charge in [0.25, 0.3) is 0 Å². The number of thiophene rings is 1. The summed E-state index contributed by atoms with van der Waals surface area (Å²) in [6.45, 7) is 4.03. The van der Waals surface area contributed by atoms with Crippen molar-refractivity contribution in [1.82, 2.24) is 0 Å². The molecule has 1 aromatic rings. The third kappa shape index (κ3) is 1.16. The summed E-state index contributed by atoms with van der Waals surface area (Å²) in [5.74, 6) is 0. The highest BCUT2D eigenvalue weighted by molar-refractivity contribution is 7.11. The molecule has 56 valence electrons. The van der Waals surface area contributed by atoms with Gasteiger partial charge >= 0.3 is 0 Å². The standard InChI is InChI=1S/C10H10S/c1-8-4-2-5-9(8)10-6-3-7-11-10/h3,5-7H,1-2,4H2. The summed E-state index contributed by atoms with van der Waals surface area (Å²) in [7, 11) is 0. The lowest BCUT2D eigenvalue weighted by Crippen LogP contribution is -1.75. The lowest BCUT2D eigenvalue weighted by Gasteiger charge is -1.98. The lowest BCUT2D eigenvalue weighted by molar-refractivity contribution is 1.07. The zero-order chi connectivity index (χ0) is 7.68. The molecule has 1 aliphatic rings. The normalized spacial score (nSPS) is 17.1. The predicted molar refractivity (Wildman–Crippen MR) is 50.7 cm³/mol. The van der Waals surface area contributed by atoms with Gasteiger partial charge in [-0.2, -0.15) is 0 Å². The van der Waals surface area contributed by atoms with Gasteiger partial charge in [-0.15, -0.1) is 11.3 Å². The monoisotopic (exact) mass is 162 g/mol. The van der Waals surface area contributed by atoms with Gasteiger partial charge in [0.05, 0.1) is 0 Å². The molecule has 0 nitrogen and oxygen atoms in total. The zero-order valence-electron chi connectivity index (χ0n) is 6.34. The first-order valence-electron chi connectivity index (χ1n) is 3.80. The van der Waals surface area contributed by atoms with Crippen LogP contribution in [0.5, 0.6) is 0 Å². The Hall–Kier alpha value is -0.820. The molecule has 0 unspecified atom stereocenters. The van der Waals surface area contributed by atoms with Crippen molar-refractivity contribution in [3.8, 4) is 0 Å². The Bertz CT molecular complexity index is 291. The van der Waals surface area contributed by atoms with Crippen LogP contribution < -0.4 is 0 Å². The Kier molecular flexibility index (Phi) is 1.66. The van der Waals surface area contributed by atoms with Crippen LogP contribution in [0.15, 0.2) is 35.7 Å². The minimum atomic E-state index is 1.15. The van der Waals surface area contributed by atoms with Crippen LogP contribution in [0.2, 0.25) is 0 Å². The van der Waals surface area contributed by atoms with Crippen molar-refractivity contribution >= 4 is 16.9 Å². The first kappa shape index (κ1) is 6.86. The first-order valence-corrected chi connectivity index (χ1v) is 4.68. The largest absolute Gasteiger partial charge is 0.144 e. The second-order valence-corrected chi connectivity index (χ2v) is 3.69. The molecule has 2 rings (SSSR count). The Labute approximate surface area is 70.9 Å². The van der Waals surface area contributed by atoms with Crippen LogP contribution in [0.25, 0.3) is 5.57 Å². The summed E-state index contributed by atoms with van der Waals surface area (Å²) < 4.78 is 0. The zero-order valence-corrected chi connectivity index (χ0v) is 7.16. The average Bonchev–Trinajstić information content (AvgIpc) is 2.55. The van der Waals surface area contributed by atoms with E-state index in [9.17, 15) is 0 Å². The third-order valence-electron chi connectivity index (χ3n) is 1.96. The maximum atomic E-state index is 4.03. The molecule has 0 bridgehead atoms. The Morgan fingerprint density at radius 3 is 2.91 bits per heavy atom. The molecule has 1 aromatic heterocycles. The van der Waals surface area contributed by atoms with Crippen molar-refractivity contribution < 1.29 is 0 Å². The molecule has 0 amide bonds. The van der Waals surface area contributed by atoms with E-state index in [1.807, 2.05) is 0 Å². The van der Waals surface area contributed by atoms with Crippen molar-refractivity contribution in [2.45, 2.75) is 12.8 Å². The van der Waals surface area contributed by atoms with E-state index in [0.717, 1.165) is 6.42 Å². The van der Waals surface area contributed by atoms with E-state index in [2.05, 4.69) is 30.2 Å². The summed E-state index contributed by atoms with van der Waals surface area (Å²) in [4.78, 5) is 1.37. The minimum Gasteiger partial charge on any atom is -0.144 e. The van der Waals surface area contributed by atoms with Gasteiger partial charge in [-0.1, -0.05) is 18.7 Å². The van der Waals surface area contributed by atoms with Crippen LogP contribution in [-0.2, 0) is 0 Å². The van der Waals surface area contributed by atoms with Crippen molar-refractivity contribution in [2.24, 2.45) is 0 Å². The van der Waals surface area contributed by atoms with Gasteiger partial charge < -0.3 is 0 Å². The lowest BCUT2D eigenvalue weighted by atomic mass is 10.1. The summed E-state index contributed by atoms with van der Waals surface area (Å²) in [5.41, 5.74) is 2.67. The summed E-state index contributed by atoms with van der Waals surface area (Å²) >= 11 is 1.79. The van der Waals surface area contributed by atoms with Gasteiger partial charge in [0.1, 0.15) is 0 Å². The van der Waals surface area contributed by atoms with E-state index in [1.165, 1.54) is 22.4 Å². The van der Waals surface area contributed by atoms with Crippen LogP contribution in [0.4, 0.5) is 0 Å². The summed E-state index contributed by atoms with van der Waals surface area (Å²) in [6, 6.07) is 4.25. The molecule has 0 saturated carbocycles. The topological polar surface area (TPSA) is 0 Å². The fourth-order valence-corrected chi connectivity index (χ4v) is 2.19. The second-order valence-electron chi connectivity index (χ2n) is 2.74. The number of allylic oxidation sites excluding steroid dienone is 3. The molecule has 0 fully saturated rings. The Balaban J connectivity index is 2.37. The summed E-state index contributed by atoms with van der Waals surface area (Å²) in [6.07, 6.45) is 4.60. The molecular weight excluding hydrogens is 152 g/mol. The van der Waals surface area contributed by atoms with Crippen molar-refractivity contribution in [1.29, 1.82) is 0 Å². The van der Waals surface area contributed by atoms with E-state index < -0.39 is 0 Å². The third-order valence-corrected chi connectivity index (χ3v) is 2.87. The Morgan fingerprint density at radius 1 is 1.45 bits per heavy atom. The van der Waals surface area contributed by atoms with Crippen LogP contribution in [0, 0.1) is 0 Å². The minimum absolute atomic E-state index is 1.15. The number of hydrogen-bond donors (Lipinski definition) is 0. The Morgan fingerprint density at radius 2 is 2.36 bits per heavy atom. The highest BCUT2D eigenvalue weighted by Gasteiger charge is 2.11. The number of rotatable bonds is 1. The van der Waals surface area contributed by atoms with E-state index in [-0.39, 0.29) is 0 Å². The molecule has 1 aliphatic carbocycles. The van der Waals surface area contributed by atoms with Crippen LogP contribution in [0.3, 0.4) is 0 Å². The molecular formula is C10H10S. The first-order chi connectivity index (χ1) is 5.38. The smallest absolute Gasteiger partial charge is 0.0342 e. The fraction of sp³-hybridized carbons (Fsp3) is 0.200. The molecule has 0 aromatic carbocycles. The molecule has 0 saturated heterocycles. The molecule has 1 heterocycles. The maximum Gasteiger partial charge on any atom is 0.0342 e. The molecule has 0 radical (unpaired) electrons. The summed E-state index contributed by atoms with van der Waals surface area (Å²) in [5, 5.41) is 2.11. The predicted octanol–water partition coefficient (Wildman–Crippen LogP) is 3.48. The molecule has 0 N–H and O–H groups in total. The van der Waals surface area contributed by atoms with Gasteiger partial charge in [0, 0.05) is 4.88 Å². The molecule has 0 aliphatic heterocycles. The van der Waals surface area contributed by atoms with Gasteiger partial charge in [-0.3, -0.25) is 0 Å². The molecule has 0 spiro atoms. The van der Waals surface area contributed by atoms with Crippen molar-refractivity contribution in [3.63, 3.8) is 0 Å². The number of hydrogen-bond acceptors (Lipinski definition) is 1. The van der Waals surface area contributed by atoms with Crippen molar-refractivity contribution in [2.75, 3.05) is 0 Å². The van der Waals surface area contributed by atoms with E-state index in [4.69, 9.17) is 0 Å². The van der Waals surface area contributed by atoms with Gasteiger partial charge in [-0.25, -0.2) is 0 Å². The van der Waals surface area contributed by atoms with Gasteiger partial charge in [0.15, 0.2) is 0 Å². The van der Waals surface area contributed by atoms with E-state index in [1.54, 1.807) is 11.3 Å². The molecule has 0 atom stereocenters. The van der Waals surface area contributed by atoms with Crippen molar-refractivity contribution in [3.05, 3.63) is 40.6 Å². The van der Waals surface area contributed by atoms with E-state index >= 15 is 0 Å². The average molecular weight is 162 g/mol. The fourth-order valence-electron chi connectivity index (χ4n) is 1.38.